The quantitative estimate of drug-likeness (QED) is 0.0616. The van der Waals surface area contributed by atoms with Gasteiger partial charge in [0.15, 0.2) is 5.72 Å². The van der Waals surface area contributed by atoms with Crippen LogP contribution in [0, 0.1) is 11.8 Å². The van der Waals surface area contributed by atoms with Crippen molar-refractivity contribution in [3.63, 3.8) is 0 Å². The summed E-state index contributed by atoms with van der Waals surface area (Å²) in [6, 6.07) is 2.84. The first-order valence-corrected chi connectivity index (χ1v) is 28.6. The van der Waals surface area contributed by atoms with Crippen LogP contribution in [0.15, 0.2) is 35.9 Å². The maximum Gasteiger partial charge on any atom is 0.409 e. The second-order valence-electron chi connectivity index (χ2n) is 20.2. The molecule has 1 saturated carbocycles. The van der Waals surface area contributed by atoms with E-state index in [1.165, 1.54) is 81.8 Å². The van der Waals surface area contributed by atoms with Crippen LogP contribution in [0.5, 0.6) is 5.75 Å². The van der Waals surface area contributed by atoms with Crippen molar-refractivity contribution in [2.75, 3.05) is 44.7 Å². The van der Waals surface area contributed by atoms with Crippen LogP contribution in [-0.2, 0) is 44.5 Å². The second-order valence-corrected chi connectivity index (χ2v) is 23.3. The largest absolute Gasteiger partial charge is 0.495 e. The standard InChI is InChI=1S/C53H81ClN4O11S2/c1-10-18-37-20-14-12-11-13-15-21-39(25-24-37)55-45(59)23-17-27-70-71-28-26-46(60)57(6)36(4)50(62)68-44-32-47(61)58(7)40-30-38(31-41(65-8)48(40)54)29-34(2)19-16-22-43(66-9)53(64)33-42(67-51(63)56-53)35(3)49-52(44,5)69-49/h16,19,22,30-31,35-37,39,42-44,49,64H,10-15,17-18,20-21,23-29,32-33H2,1-9H3,(H,55,59)(H,56,63)/b22-16+,34-19+/t35-,36+,37?,39?,42+,43-,44+,49+,52+,53+/m1/s1. The normalized spacial score (nSPS) is 30.4. The van der Waals surface area contributed by atoms with E-state index in [0.29, 0.717) is 30.0 Å². The lowest BCUT2D eigenvalue weighted by Crippen LogP contribution is -2.63. The Balaban J connectivity index is 1.20. The number of hydrogen-bond acceptors (Lipinski definition) is 13. The molecule has 10 atom stereocenters. The number of hydrogen-bond donors (Lipinski definition) is 3. The molecule has 2 unspecified atom stereocenters. The van der Waals surface area contributed by atoms with Gasteiger partial charge in [-0.05, 0) is 76.5 Å². The van der Waals surface area contributed by atoms with Gasteiger partial charge < -0.3 is 43.9 Å². The Morgan fingerprint density at radius 2 is 1.77 bits per heavy atom. The number of aliphatic hydroxyl groups is 1. The second kappa shape index (κ2) is 27.7. The van der Waals surface area contributed by atoms with Crippen LogP contribution in [0.1, 0.15) is 143 Å². The molecule has 1 aliphatic carbocycles. The molecule has 3 N–H and O–H groups in total. The molecule has 398 valence electrons. The van der Waals surface area contributed by atoms with Gasteiger partial charge in [-0.1, -0.05) is 122 Å². The molecule has 15 nitrogen and oxygen atoms in total. The summed E-state index contributed by atoms with van der Waals surface area (Å²) in [4.78, 5) is 70.6. The molecule has 0 radical (unpaired) electrons. The van der Waals surface area contributed by atoms with Crippen LogP contribution in [-0.4, -0.2) is 127 Å². The number of nitrogens with one attached hydrogen (secondary N) is 2. The highest BCUT2D eigenvalue weighted by Gasteiger charge is 2.64. The van der Waals surface area contributed by atoms with E-state index < -0.39 is 65.7 Å². The van der Waals surface area contributed by atoms with Crippen molar-refractivity contribution in [3.05, 3.63) is 46.5 Å². The third kappa shape index (κ3) is 16.5. The number of epoxide rings is 1. The van der Waals surface area contributed by atoms with Crippen LogP contribution in [0.4, 0.5) is 10.5 Å². The number of likely N-dealkylation sites (N-methyl/N-ethyl adjacent to an activating group) is 1. The number of methoxy groups -OCH3 is 2. The van der Waals surface area contributed by atoms with Crippen LogP contribution in [0.25, 0.3) is 0 Å². The number of anilines is 1. The predicted octanol–water partition coefficient (Wildman–Crippen LogP) is 9.49. The monoisotopic (exact) mass is 1050 g/mol. The summed E-state index contributed by atoms with van der Waals surface area (Å²) in [5.41, 5.74) is -0.967. The molecular formula is C53H81ClN4O11S2. The smallest absolute Gasteiger partial charge is 0.409 e. The molecule has 3 fully saturated rings. The third-order valence-corrected chi connectivity index (χ3v) is 17.7. The molecular weight excluding hydrogens is 968 g/mol. The Morgan fingerprint density at radius 1 is 1.06 bits per heavy atom. The van der Waals surface area contributed by atoms with Crippen molar-refractivity contribution in [1.29, 1.82) is 0 Å². The first kappa shape index (κ1) is 58.4. The summed E-state index contributed by atoms with van der Waals surface area (Å²) < 4.78 is 29.6. The van der Waals surface area contributed by atoms with Crippen LogP contribution < -0.4 is 20.3 Å². The molecule has 0 aromatic heterocycles. The molecule has 1 aromatic carbocycles. The fraction of sp³-hybridized carbons (Fsp3) is 0.717. The number of alkyl carbamates (subject to hydrolysis) is 1. The van der Waals surface area contributed by atoms with Crippen LogP contribution in [0.2, 0.25) is 5.02 Å². The predicted molar refractivity (Wildman–Crippen MR) is 282 cm³/mol. The SMILES string of the molecule is CCCC1CCCCCCCC(NC(=O)CCCSSCCC(=O)N(C)[C@@H](C)C(=O)O[C@H]2CC(=O)N(C)c3cc(cc(OC)c3Cl)C/C(C)=C/C=C/[C@@H](OC)[C@@]3(O)C[C@H](OC(=O)N3)[C@@H](C)[C@@H]3O[C@@]23C)CC1. The topological polar surface area (TPSA) is 186 Å². The number of benzene rings is 1. The highest BCUT2D eigenvalue weighted by Crippen LogP contribution is 2.49. The zero-order chi connectivity index (χ0) is 51.9. The fourth-order valence-corrected chi connectivity index (χ4v) is 12.5. The van der Waals surface area contributed by atoms with Crippen LogP contribution in [0.3, 0.4) is 0 Å². The highest BCUT2D eigenvalue weighted by molar-refractivity contribution is 8.76. The number of fused-ring (bicyclic) bond motifs is 5. The first-order valence-electron chi connectivity index (χ1n) is 25.7. The fourth-order valence-electron chi connectivity index (χ4n) is 10.2. The van der Waals surface area contributed by atoms with Gasteiger partial charge in [0.2, 0.25) is 17.7 Å². The average molecular weight is 1050 g/mol. The Morgan fingerprint density at radius 3 is 2.49 bits per heavy atom. The van der Waals surface area contributed by atoms with Gasteiger partial charge in [0, 0.05) is 63.9 Å². The van der Waals surface area contributed by atoms with E-state index in [-0.39, 0.29) is 42.1 Å². The summed E-state index contributed by atoms with van der Waals surface area (Å²) in [5.74, 6) is 0.575. The Hall–Kier alpha value is -3.48. The van der Waals surface area contributed by atoms with Crippen LogP contribution >= 0.6 is 33.2 Å². The third-order valence-electron chi connectivity index (χ3n) is 14.8. The molecule has 3 heterocycles. The van der Waals surface area contributed by atoms with Crippen molar-refractivity contribution in [2.24, 2.45) is 11.8 Å². The van der Waals surface area contributed by atoms with Gasteiger partial charge in [0.05, 0.1) is 25.3 Å². The molecule has 4 aliphatic rings. The van der Waals surface area contributed by atoms with E-state index in [4.69, 9.17) is 35.3 Å². The zero-order valence-electron chi connectivity index (χ0n) is 43.6. The molecule has 4 amide bonds. The summed E-state index contributed by atoms with van der Waals surface area (Å²) in [6.07, 6.45) is 15.7. The summed E-state index contributed by atoms with van der Waals surface area (Å²) >= 11 is 6.83. The molecule has 1 aromatic rings. The number of allylic oxidation sites excluding steroid dienone is 3. The summed E-state index contributed by atoms with van der Waals surface area (Å²) in [5, 5.41) is 18.0. The van der Waals surface area contributed by atoms with E-state index in [2.05, 4.69) is 17.6 Å². The Kier molecular flexibility index (Phi) is 22.8. The van der Waals surface area contributed by atoms with E-state index in [1.807, 2.05) is 19.9 Å². The van der Waals surface area contributed by atoms with Crippen molar-refractivity contribution in [1.82, 2.24) is 15.5 Å². The number of ether oxygens (including phenoxy) is 5. The number of carbonyl (C=O) groups excluding carboxylic acids is 5. The van der Waals surface area contributed by atoms with E-state index in [9.17, 15) is 29.1 Å². The molecule has 0 spiro atoms. The minimum absolute atomic E-state index is 0.0600. The number of carbonyl (C=O) groups is 5. The molecule has 2 saturated heterocycles. The van der Waals surface area contributed by atoms with Crippen molar-refractivity contribution in [2.45, 2.75) is 192 Å². The van der Waals surface area contributed by atoms with Crippen molar-refractivity contribution < 1.29 is 52.8 Å². The summed E-state index contributed by atoms with van der Waals surface area (Å²) in [6.45, 7) is 9.31. The lowest BCUT2D eigenvalue weighted by atomic mass is 9.83. The molecule has 4 bridgehead atoms. The summed E-state index contributed by atoms with van der Waals surface area (Å²) in [7, 11) is 9.26. The molecule has 18 heteroatoms. The average Bonchev–Trinajstić information content (AvgIpc) is 4.04. The Labute approximate surface area is 435 Å². The number of rotatable bonds is 16. The zero-order valence-corrected chi connectivity index (χ0v) is 45.9. The van der Waals surface area contributed by atoms with Gasteiger partial charge >= 0.3 is 12.1 Å². The maximum atomic E-state index is 14.3. The lowest BCUT2D eigenvalue weighted by Gasteiger charge is -2.42. The number of amides is 4. The molecule has 71 heavy (non-hydrogen) atoms. The Bertz CT molecular complexity index is 2040. The number of esters is 1. The minimum atomic E-state index is -1.84. The lowest BCUT2D eigenvalue weighted by molar-refractivity contribution is -0.162. The highest BCUT2D eigenvalue weighted by atomic mass is 35.5. The van der Waals surface area contributed by atoms with E-state index in [0.717, 1.165) is 42.1 Å². The van der Waals surface area contributed by atoms with Gasteiger partial charge in [0.1, 0.15) is 40.7 Å². The van der Waals surface area contributed by atoms with Gasteiger partial charge in [-0.2, -0.15) is 0 Å². The van der Waals surface area contributed by atoms with Crippen molar-refractivity contribution >= 4 is 68.7 Å². The van der Waals surface area contributed by atoms with Crippen molar-refractivity contribution in [3.8, 4) is 5.75 Å². The van der Waals surface area contributed by atoms with E-state index in [1.54, 1.807) is 73.8 Å². The number of nitrogens with zero attached hydrogens (tertiary/aromatic N) is 2. The molecule has 5 rings (SSSR count). The maximum absolute atomic E-state index is 14.3. The van der Waals surface area contributed by atoms with Gasteiger partial charge in [-0.25, -0.2) is 9.59 Å². The van der Waals surface area contributed by atoms with Gasteiger partial charge in [0.25, 0.3) is 0 Å². The van der Waals surface area contributed by atoms with Gasteiger partial charge in [-0.15, -0.1) is 0 Å². The number of halogens is 1. The van der Waals surface area contributed by atoms with E-state index >= 15 is 0 Å². The first-order chi connectivity index (χ1) is 33.8. The van der Waals surface area contributed by atoms with Gasteiger partial charge in [-0.3, -0.25) is 19.7 Å². The minimum Gasteiger partial charge on any atom is -0.495 e. The molecule has 3 aliphatic heterocycles.